The molecule has 5 heterocycles. The van der Waals surface area contributed by atoms with Crippen LogP contribution in [0.15, 0.2) is 54.7 Å². The number of benzene rings is 3. The third-order valence-electron chi connectivity index (χ3n) is 11.4. The standard InChI is InChI=1S/C45H45F2N7O10/c1-7-33-36(46)15-8-25-16-31(61-24-59-6)18-34(37(25)33)39-38(47)40-35(19-48-39)41(52-20-27-9-10-28(21-52)53(27)43(55)64-45(2,3)4)50-42(49-40)60-23-29-17-32(22-51(29)5)63-44(56)62-30-13-11-26(12-14-30)54(57)58/h1,8,11-16,18-19,27-29,32H,9-10,17,20-24H2,2-6H3/t27?,28?,29-,32+/m0/s1. The summed E-state index contributed by atoms with van der Waals surface area (Å²) in [6.45, 7) is 6.41. The van der Waals surface area contributed by atoms with Crippen molar-refractivity contribution in [1.29, 1.82) is 0 Å². The number of nitrogens with zero attached hydrogens (tertiary/aromatic N) is 7. The van der Waals surface area contributed by atoms with Gasteiger partial charge in [-0.3, -0.25) is 24.9 Å². The quantitative estimate of drug-likeness (QED) is 0.0323. The largest absolute Gasteiger partial charge is 0.514 e. The molecule has 1 amide bonds. The first-order valence-corrected chi connectivity index (χ1v) is 20.5. The normalized spacial score (nSPS) is 19.7. The molecule has 3 aliphatic rings. The van der Waals surface area contributed by atoms with Crippen LogP contribution in [0, 0.1) is 34.1 Å². The number of carbonyl (C=O) groups is 2. The minimum atomic E-state index is -0.974. The predicted octanol–water partition coefficient (Wildman–Crippen LogP) is 7.25. The number of likely N-dealkylation sites (tertiary alicyclic amines) is 1. The average molecular weight is 882 g/mol. The summed E-state index contributed by atoms with van der Waals surface area (Å²) in [6.07, 6.45) is 7.10. The maximum Gasteiger partial charge on any atom is 0.514 e. The number of methoxy groups -OCH3 is 1. The molecular weight excluding hydrogens is 837 g/mol. The zero-order valence-corrected chi connectivity index (χ0v) is 35.7. The van der Waals surface area contributed by atoms with Crippen LogP contribution in [0.3, 0.4) is 0 Å². The lowest BCUT2D eigenvalue weighted by atomic mass is 9.95. The number of hydrogen-bond acceptors (Lipinski definition) is 15. The van der Waals surface area contributed by atoms with Gasteiger partial charge in [0.15, 0.2) is 12.6 Å². The van der Waals surface area contributed by atoms with Crippen LogP contribution < -0.4 is 19.1 Å². The van der Waals surface area contributed by atoms with E-state index < -0.39 is 40.5 Å². The molecule has 2 bridgehead atoms. The second kappa shape index (κ2) is 17.7. The third-order valence-corrected chi connectivity index (χ3v) is 11.4. The van der Waals surface area contributed by atoms with E-state index in [0.29, 0.717) is 43.0 Å². The van der Waals surface area contributed by atoms with Crippen molar-refractivity contribution in [3.8, 4) is 41.1 Å². The van der Waals surface area contributed by atoms with Crippen molar-refractivity contribution in [1.82, 2.24) is 24.8 Å². The molecule has 0 N–H and O–H groups in total. The van der Waals surface area contributed by atoms with Gasteiger partial charge in [-0.05, 0) is 76.4 Å². The number of anilines is 1. The summed E-state index contributed by atoms with van der Waals surface area (Å²) >= 11 is 0. The molecule has 3 aromatic carbocycles. The van der Waals surface area contributed by atoms with Crippen molar-refractivity contribution in [3.63, 3.8) is 0 Å². The molecule has 3 fully saturated rings. The number of carbonyl (C=O) groups excluding carboxylic acids is 2. The molecule has 0 aliphatic carbocycles. The number of nitro benzene ring substituents is 1. The number of pyridine rings is 1. The van der Waals surface area contributed by atoms with Crippen molar-refractivity contribution < 1.29 is 51.7 Å². The van der Waals surface area contributed by atoms with Gasteiger partial charge in [0, 0.05) is 68.5 Å². The Balaban J connectivity index is 1.11. The van der Waals surface area contributed by atoms with Gasteiger partial charge in [0.2, 0.25) is 0 Å². The fraction of sp³-hybridized carbons (Fsp3) is 0.400. The molecule has 0 saturated carbocycles. The number of halogens is 2. The molecule has 3 saturated heterocycles. The molecule has 5 aromatic rings. The van der Waals surface area contributed by atoms with Crippen LogP contribution in [0.4, 0.5) is 29.9 Å². The second-order valence-electron chi connectivity index (χ2n) is 16.9. The molecule has 2 aromatic heterocycles. The third kappa shape index (κ3) is 8.96. The van der Waals surface area contributed by atoms with Crippen LogP contribution in [-0.4, -0.2) is 119 Å². The topological polar surface area (TPSA) is 181 Å². The van der Waals surface area contributed by atoms with Crippen LogP contribution in [0.25, 0.3) is 32.9 Å². The Kier molecular flexibility index (Phi) is 12.1. The monoisotopic (exact) mass is 881 g/mol. The van der Waals surface area contributed by atoms with Gasteiger partial charge in [-0.25, -0.2) is 18.4 Å². The van der Waals surface area contributed by atoms with Gasteiger partial charge in [0.1, 0.15) is 52.7 Å². The highest BCUT2D eigenvalue weighted by Crippen LogP contribution is 2.41. The summed E-state index contributed by atoms with van der Waals surface area (Å²) in [6, 6.07) is 10.1. The van der Waals surface area contributed by atoms with Gasteiger partial charge < -0.3 is 33.3 Å². The highest BCUT2D eigenvalue weighted by atomic mass is 19.1. The Labute approximate surface area is 366 Å². The van der Waals surface area contributed by atoms with Crippen LogP contribution in [-0.2, 0) is 14.2 Å². The molecule has 19 heteroatoms. The first-order valence-electron chi connectivity index (χ1n) is 20.5. The Morgan fingerprint density at radius 3 is 2.41 bits per heavy atom. The molecule has 8 rings (SSSR count). The SMILES string of the molecule is C#Cc1c(F)ccc2cc(OCOC)cc(-c3ncc4c(N5CC6CCC(C5)N6C(=O)OC(C)(C)C)nc(OC[C@@H]5C[C@@H](OC(=O)Oc6ccc([N+](=O)[O-])cc6)CN5C)nc4c3F)c12. The van der Waals surface area contributed by atoms with Gasteiger partial charge in [-0.2, -0.15) is 9.97 Å². The summed E-state index contributed by atoms with van der Waals surface area (Å²) in [5.41, 5.74) is -1.07. The molecule has 4 atom stereocenters. The zero-order valence-electron chi connectivity index (χ0n) is 35.7. The number of ether oxygens (including phenoxy) is 6. The predicted molar refractivity (Wildman–Crippen MR) is 228 cm³/mol. The first-order chi connectivity index (χ1) is 30.6. The minimum absolute atomic E-state index is 0.0181. The zero-order chi connectivity index (χ0) is 45.4. The number of rotatable bonds is 11. The van der Waals surface area contributed by atoms with Crippen LogP contribution in [0.5, 0.6) is 17.5 Å². The maximum absolute atomic E-state index is 17.4. The minimum Gasteiger partial charge on any atom is -0.468 e. The second-order valence-corrected chi connectivity index (χ2v) is 16.9. The molecule has 17 nitrogen and oxygen atoms in total. The lowest BCUT2D eigenvalue weighted by molar-refractivity contribution is -0.384. The Morgan fingerprint density at radius 1 is 1.00 bits per heavy atom. The van der Waals surface area contributed by atoms with Crippen molar-refractivity contribution in [2.24, 2.45) is 0 Å². The van der Waals surface area contributed by atoms with Crippen LogP contribution >= 0.6 is 0 Å². The lowest BCUT2D eigenvalue weighted by Crippen LogP contribution is -2.57. The van der Waals surface area contributed by atoms with E-state index in [1.54, 1.807) is 11.0 Å². The summed E-state index contributed by atoms with van der Waals surface area (Å²) in [4.78, 5) is 56.1. The number of terminal acetylenes is 1. The molecule has 64 heavy (non-hydrogen) atoms. The number of nitro groups is 1. The molecule has 3 aliphatic heterocycles. The molecular formula is C45H45F2N7O10. The number of piperazine rings is 1. The smallest absolute Gasteiger partial charge is 0.468 e. The van der Waals surface area contributed by atoms with Gasteiger partial charge in [-0.1, -0.05) is 12.0 Å². The van der Waals surface area contributed by atoms with Gasteiger partial charge >= 0.3 is 18.3 Å². The van der Waals surface area contributed by atoms with E-state index in [2.05, 4.69) is 15.9 Å². The first kappa shape index (κ1) is 43.7. The van der Waals surface area contributed by atoms with Crippen molar-refractivity contribution in [2.45, 2.75) is 69.9 Å². The van der Waals surface area contributed by atoms with Crippen LogP contribution in [0.1, 0.15) is 45.6 Å². The average Bonchev–Trinajstić information content (AvgIpc) is 3.74. The van der Waals surface area contributed by atoms with Crippen molar-refractivity contribution >= 4 is 45.4 Å². The molecule has 2 unspecified atom stereocenters. The van der Waals surface area contributed by atoms with E-state index in [-0.39, 0.29) is 82.1 Å². The number of likely N-dealkylation sites (N-methyl/N-ethyl adjacent to an activating group) is 1. The lowest BCUT2D eigenvalue weighted by Gasteiger charge is -2.42. The molecule has 334 valence electrons. The fourth-order valence-corrected chi connectivity index (χ4v) is 8.53. The number of hydrogen-bond donors (Lipinski definition) is 0. The van der Waals surface area contributed by atoms with E-state index >= 15 is 8.78 Å². The van der Waals surface area contributed by atoms with Crippen LogP contribution in [0.2, 0.25) is 0 Å². The number of aromatic nitrogens is 3. The van der Waals surface area contributed by atoms with Gasteiger partial charge in [0.05, 0.1) is 28.0 Å². The van der Waals surface area contributed by atoms with Crippen molar-refractivity contribution in [3.05, 3.63) is 82.0 Å². The maximum atomic E-state index is 17.4. The van der Waals surface area contributed by atoms with E-state index in [1.165, 1.54) is 55.8 Å². The summed E-state index contributed by atoms with van der Waals surface area (Å²) in [7, 11) is 3.28. The van der Waals surface area contributed by atoms with E-state index in [9.17, 15) is 19.7 Å². The number of amides is 1. The Hall–Kier alpha value is -6.91. The van der Waals surface area contributed by atoms with Crippen molar-refractivity contribution in [2.75, 3.05) is 52.1 Å². The fourth-order valence-electron chi connectivity index (χ4n) is 8.53. The number of non-ortho nitro benzene ring substituents is 1. The summed E-state index contributed by atoms with van der Waals surface area (Å²) in [5.74, 6) is 1.60. The highest BCUT2D eigenvalue weighted by molar-refractivity contribution is 6.03. The summed E-state index contributed by atoms with van der Waals surface area (Å²) < 4.78 is 66.3. The Morgan fingerprint density at radius 2 is 1.73 bits per heavy atom. The highest BCUT2D eigenvalue weighted by Gasteiger charge is 2.45. The van der Waals surface area contributed by atoms with E-state index in [0.717, 1.165) is 12.8 Å². The van der Waals surface area contributed by atoms with Gasteiger partial charge in [0.25, 0.3) is 5.69 Å². The Bertz CT molecular complexity index is 2660. The molecule has 0 radical (unpaired) electrons. The van der Waals surface area contributed by atoms with E-state index in [4.69, 9.17) is 39.8 Å². The number of fused-ring (bicyclic) bond motifs is 4. The molecule has 0 spiro atoms. The van der Waals surface area contributed by atoms with Gasteiger partial charge in [-0.15, -0.1) is 6.42 Å². The summed E-state index contributed by atoms with van der Waals surface area (Å²) in [5, 5.41) is 12.0. The van der Waals surface area contributed by atoms with E-state index in [1.807, 2.05) is 37.6 Å².